The fourth-order valence-corrected chi connectivity index (χ4v) is 1.92. The SMILES string of the molecule is CCOc1ccccc1CCC(=O)NCc1cn[nH]c1. The Kier molecular flexibility index (Phi) is 5.17. The molecule has 0 fully saturated rings. The fourth-order valence-electron chi connectivity index (χ4n) is 1.92. The van der Waals surface area contributed by atoms with Crippen LogP contribution in [0.1, 0.15) is 24.5 Å². The predicted octanol–water partition coefficient (Wildman–Crippen LogP) is 2.06. The van der Waals surface area contributed by atoms with Gasteiger partial charge in [-0.2, -0.15) is 5.10 Å². The van der Waals surface area contributed by atoms with Gasteiger partial charge in [0.15, 0.2) is 0 Å². The third-order valence-corrected chi connectivity index (χ3v) is 2.94. The van der Waals surface area contributed by atoms with E-state index in [1.54, 1.807) is 12.4 Å². The number of amides is 1. The Balaban J connectivity index is 1.81. The summed E-state index contributed by atoms with van der Waals surface area (Å²) in [4.78, 5) is 11.8. The lowest BCUT2D eigenvalue weighted by Crippen LogP contribution is -2.22. The van der Waals surface area contributed by atoms with Gasteiger partial charge in [0, 0.05) is 24.7 Å². The van der Waals surface area contributed by atoms with Crippen molar-refractivity contribution in [1.82, 2.24) is 15.5 Å². The lowest BCUT2D eigenvalue weighted by molar-refractivity contribution is -0.121. The second-order valence-corrected chi connectivity index (χ2v) is 4.42. The van der Waals surface area contributed by atoms with Crippen LogP contribution in [-0.4, -0.2) is 22.7 Å². The van der Waals surface area contributed by atoms with E-state index in [1.807, 2.05) is 31.2 Å². The van der Waals surface area contributed by atoms with Crippen molar-refractivity contribution in [2.24, 2.45) is 0 Å². The Morgan fingerprint density at radius 3 is 3.00 bits per heavy atom. The number of H-pyrrole nitrogens is 1. The van der Waals surface area contributed by atoms with Gasteiger partial charge in [0.2, 0.25) is 5.91 Å². The first-order valence-electron chi connectivity index (χ1n) is 6.74. The fraction of sp³-hybridized carbons (Fsp3) is 0.333. The Labute approximate surface area is 118 Å². The summed E-state index contributed by atoms with van der Waals surface area (Å²) in [5.74, 6) is 0.884. The van der Waals surface area contributed by atoms with Crippen molar-refractivity contribution in [3.8, 4) is 5.75 Å². The van der Waals surface area contributed by atoms with Crippen LogP contribution in [0, 0.1) is 0 Å². The summed E-state index contributed by atoms with van der Waals surface area (Å²) < 4.78 is 5.54. The number of aryl methyl sites for hydroxylation is 1. The number of ether oxygens (including phenoxy) is 1. The van der Waals surface area contributed by atoms with Crippen LogP contribution in [0.2, 0.25) is 0 Å². The van der Waals surface area contributed by atoms with Crippen LogP contribution in [0.4, 0.5) is 0 Å². The van der Waals surface area contributed by atoms with E-state index < -0.39 is 0 Å². The van der Waals surface area contributed by atoms with Crippen LogP contribution in [0.3, 0.4) is 0 Å². The number of carbonyl (C=O) groups excluding carboxylic acids is 1. The minimum atomic E-state index is 0.0255. The molecule has 5 heteroatoms. The molecule has 1 aromatic heterocycles. The van der Waals surface area contributed by atoms with Gasteiger partial charge in [0.25, 0.3) is 0 Å². The molecule has 0 spiro atoms. The van der Waals surface area contributed by atoms with Crippen molar-refractivity contribution in [1.29, 1.82) is 0 Å². The molecule has 0 aliphatic carbocycles. The molecule has 0 aliphatic heterocycles. The van der Waals surface area contributed by atoms with Crippen LogP contribution >= 0.6 is 0 Å². The Morgan fingerprint density at radius 1 is 1.40 bits per heavy atom. The van der Waals surface area contributed by atoms with Gasteiger partial charge in [-0.15, -0.1) is 0 Å². The van der Waals surface area contributed by atoms with E-state index in [9.17, 15) is 4.79 Å². The molecule has 1 amide bonds. The monoisotopic (exact) mass is 273 g/mol. The lowest BCUT2D eigenvalue weighted by Gasteiger charge is -2.09. The highest BCUT2D eigenvalue weighted by atomic mass is 16.5. The third kappa shape index (κ3) is 4.12. The molecule has 0 aliphatic rings. The van der Waals surface area contributed by atoms with Crippen molar-refractivity contribution in [2.45, 2.75) is 26.3 Å². The summed E-state index contributed by atoms with van der Waals surface area (Å²) in [5, 5.41) is 9.41. The van der Waals surface area contributed by atoms with Crippen LogP contribution in [-0.2, 0) is 17.8 Å². The van der Waals surface area contributed by atoms with Gasteiger partial charge in [-0.1, -0.05) is 18.2 Å². The van der Waals surface area contributed by atoms with E-state index in [0.29, 0.717) is 26.0 Å². The third-order valence-electron chi connectivity index (χ3n) is 2.94. The van der Waals surface area contributed by atoms with E-state index >= 15 is 0 Å². The molecule has 0 radical (unpaired) electrons. The minimum absolute atomic E-state index is 0.0255. The number of hydrogen-bond donors (Lipinski definition) is 2. The number of aromatic nitrogens is 2. The van der Waals surface area contributed by atoms with Gasteiger partial charge < -0.3 is 10.1 Å². The number of hydrogen-bond acceptors (Lipinski definition) is 3. The van der Waals surface area contributed by atoms with Crippen molar-refractivity contribution < 1.29 is 9.53 Å². The topological polar surface area (TPSA) is 67.0 Å². The molecular formula is C15H19N3O2. The van der Waals surface area contributed by atoms with Gasteiger partial charge >= 0.3 is 0 Å². The number of carbonyl (C=O) groups is 1. The van der Waals surface area contributed by atoms with Crippen molar-refractivity contribution in [3.63, 3.8) is 0 Å². The Bertz CT molecular complexity index is 538. The number of nitrogens with one attached hydrogen (secondary N) is 2. The van der Waals surface area contributed by atoms with Gasteiger partial charge in [-0.25, -0.2) is 0 Å². The first-order valence-corrected chi connectivity index (χ1v) is 6.74. The zero-order valence-corrected chi connectivity index (χ0v) is 11.6. The lowest BCUT2D eigenvalue weighted by atomic mass is 10.1. The molecule has 0 bridgehead atoms. The molecule has 2 N–H and O–H groups in total. The average Bonchev–Trinajstić information content (AvgIpc) is 2.98. The molecule has 20 heavy (non-hydrogen) atoms. The zero-order chi connectivity index (χ0) is 14.2. The highest BCUT2D eigenvalue weighted by molar-refractivity contribution is 5.76. The molecule has 106 valence electrons. The van der Waals surface area contributed by atoms with Crippen LogP contribution in [0.25, 0.3) is 0 Å². The van der Waals surface area contributed by atoms with E-state index in [2.05, 4.69) is 15.5 Å². The molecule has 2 aromatic rings. The van der Waals surface area contributed by atoms with Crippen LogP contribution in [0.5, 0.6) is 5.75 Å². The van der Waals surface area contributed by atoms with Gasteiger partial charge in [0.05, 0.1) is 12.8 Å². The maximum Gasteiger partial charge on any atom is 0.220 e. The van der Waals surface area contributed by atoms with Gasteiger partial charge in [-0.3, -0.25) is 9.89 Å². The van der Waals surface area contributed by atoms with Crippen LogP contribution in [0.15, 0.2) is 36.7 Å². The largest absolute Gasteiger partial charge is 0.494 e. The van der Waals surface area contributed by atoms with E-state index in [4.69, 9.17) is 4.74 Å². The zero-order valence-electron chi connectivity index (χ0n) is 11.6. The summed E-state index contributed by atoms with van der Waals surface area (Å²) in [6, 6.07) is 7.82. The molecular weight excluding hydrogens is 254 g/mol. The first-order chi connectivity index (χ1) is 9.79. The van der Waals surface area contributed by atoms with Gasteiger partial charge in [0.1, 0.15) is 5.75 Å². The molecule has 0 unspecified atom stereocenters. The number of nitrogens with zero attached hydrogens (tertiary/aromatic N) is 1. The maximum absolute atomic E-state index is 11.8. The molecule has 0 saturated heterocycles. The minimum Gasteiger partial charge on any atom is -0.494 e. The molecule has 0 atom stereocenters. The maximum atomic E-state index is 11.8. The quantitative estimate of drug-likeness (QED) is 0.811. The average molecular weight is 273 g/mol. The van der Waals surface area contributed by atoms with E-state index in [-0.39, 0.29) is 5.91 Å². The summed E-state index contributed by atoms with van der Waals surface area (Å²) in [7, 11) is 0. The normalized spacial score (nSPS) is 10.2. The van der Waals surface area contributed by atoms with Crippen molar-refractivity contribution >= 4 is 5.91 Å². The molecule has 1 aromatic carbocycles. The van der Waals surface area contributed by atoms with Crippen molar-refractivity contribution in [3.05, 3.63) is 47.8 Å². The standard InChI is InChI=1S/C15H19N3O2/c1-2-20-14-6-4-3-5-13(14)7-8-15(19)16-9-12-10-17-18-11-12/h3-6,10-11H,2,7-9H2,1H3,(H,16,19)(H,17,18). The van der Waals surface area contributed by atoms with E-state index in [0.717, 1.165) is 16.9 Å². The van der Waals surface area contributed by atoms with Gasteiger partial charge in [-0.05, 0) is 25.0 Å². The smallest absolute Gasteiger partial charge is 0.220 e. The predicted molar refractivity (Wildman–Crippen MR) is 76.4 cm³/mol. The summed E-state index contributed by atoms with van der Waals surface area (Å²) in [6.45, 7) is 3.08. The number of benzene rings is 1. The molecule has 0 saturated carbocycles. The Hall–Kier alpha value is -2.30. The summed E-state index contributed by atoms with van der Waals surface area (Å²) in [6.07, 6.45) is 4.59. The molecule has 2 rings (SSSR count). The summed E-state index contributed by atoms with van der Waals surface area (Å²) >= 11 is 0. The molecule has 1 heterocycles. The van der Waals surface area contributed by atoms with Crippen molar-refractivity contribution in [2.75, 3.05) is 6.61 Å². The second-order valence-electron chi connectivity index (χ2n) is 4.42. The highest BCUT2D eigenvalue weighted by Gasteiger charge is 2.06. The number of rotatable bonds is 7. The van der Waals surface area contributed by atoms with E-state index in [1.165, 1.54) is 0 Å². The molecule has 5 nitrogen and oxygen atoms in total. The Morgan fingerprint density at radius 2 is 2.25 bits per heavy atom. The second kappa shape index (κ2) is 7.33. The summed E-state index contributed by atoms with van der Waals surface area (Å²) in [5.41, 5.74) is 2.03. The number of para-hydroxylation sites is 1. The van der Waals surface area contributed by atoms with Crippen LogP contribution < -0.4 is 10.1 Å². The highest BCUT2D eigenvalue weighted by Crippen LogP contribution is 2.19. The first kappa shape index (κ1) is 14.1. The number of aromatic amines is 1.